The molecule has 94 valence electrons. The molecule has 18 heavy (non-hydrogen) atoms. The molecule has 1 aromatic heterocycles. The minimum absolute atomic E-state index is 0.227. The Kier molecular flexibility index (Phi) is 3.73. The first kappa shape index (κ1) is 12.3. The van der Waals surface area contributed by atoms with E-state index >= 15 is 0 Å². The minimum atomic E-state index is -0.470. The largest absolute Gasteiger partial charge is 0.461 e. The van der Waals surface area contributed by atoms with Crippen molar-refractivity contribution in [2.24, 2.45) is 10.9 Å². The van der Waals surface area contributed by atoms with E-state index in [1.165, 1.54) is 4.68 Å². The zero-order valence-electron chi connectivity index (χ0n) is 9.74. The summed E-state index contributed by atoms with van der Waals surface area (Å²) in [4.78, 5) is 12.0. The molecule has 7 heteroatoms. The summed E-state index contributed by atoms with van der Waals surface area (Å²) in [5.74, 6) is 4.83. The Balaban J connectivity index is 2.46. The summed E-state index contributed by atoms with van der Waals surface area (Å²) in [6.45, 7) is 2.05. The van der Waals surface area contributed by atoms with Crippen molar-refractivity contribution >= 4 is 17.3 Å². The maximum atomic E-state index is 11.6. The predicted molar refractivity (Wildman–Crippen MR) is 67.1 cm³/mol. The highest BCUT2D eigenvalue weighted by Gasteiger charge is 2.14. The van der Waals surface area contributed by atoms with Crippen LogP contribution in [-0.4, -0.2) is 22.4 Å². The number of nitrogens with two attached hydrogens (primary N) is 1. The fourth-order valence-electron chi connectivity index (χ4n) is 1.38. The molecule has 0 atom stereocenters. The van der Waals surface area contributed by atoms with Crippen molar-refractivity contribution in [3.63, 3.8) is 0 Å². The van der Waals surface area contributed by atoms with Gasteiger partial charge in [-0.2, -0.15) is 5.10 Å². The number of para-hydroxylation sites is 1. The van der Waals surface area contributed by atoms with Gasteiger partial charge in [-0.3, -0.25) is 0 Å². The molecule has 0 aliphatic heterocycles. The summed E-state index contributed by atoms with van der Waals surface area (Å²) in [6, 6.07) is 9.33. The SMILES string of the molecule is CCOC(=O)c1nn(-c2ccccc2)c(=NN)s1. The smallest absolute Gasteiger partial charge is 0.369 e. The molecule has 0 spiro atoms. The van der Waals surface area contributed by atoms with E-state index in [4.69, 9.17) is 10.6 Å². The zero-order chi connectivity index (χ0) is 13.0. The number of benzene rings is 1. The van der Waals surface area contributed by atoms with E-state index in [0.717, 1.165) is 17.0 Å². The summed E-state index contributed by atoms with van der Waals surface area (Å²) < 4.78 is 6.40. The molecule has 1 aromatic carbocycles. The Morgan fingerprint density at radius 3 is 2.83 bits per heavy atom. The molecule has 1 heterocycles. The fourth-order valence-corrected chi connectivity index (χ4v) is 2.10. The molecular formula is C11H12N4O2S. The first-order valence-electron chi connectivity index (χ1n) is 5.33. The average molecular weight is 264 g/mol. The summed E-state index contributed by atoms with van der Waals surface area (Å²) in [5, 5.41) is 8.00. The highest BCUT2D eigenvalue weighted by atomic mass is 32.1. The lowest BCUT2D eigenvalue weighted by molar-refractivity contribution is 0.0524. The molecule has 2 aromatic rings. The minimum Gasteiger partial charge on any atom is -0.461 e. The third-order valence-corrected chi connectivity index (χ3v) is 3.02. The standard InChI is InChI=1S/C11H12N4O2S/c1-2-17-10(16)9-14-15(11(13-12)18-9)8-6-4-3-5-7-8/h3-7H,2,12H2,1H3. The number of carbonyl (C=O) groups is 1. The van der Waals surface area contributed by atoms with Crippen molar-refractivity contribution in [3.05, 3.63) is 40.1 Å². The van der Waals surface area contributed by atoms with Crippen LogP contribution in [0, 0.1) is 0 Å². The van der Waals surface area contributed by atoms with Gasteiger partial charge in [0.05, 0.1) is 12.3 Å². The average Bonchev–Trinajstić information content (AvgIpc) is 2.84. The molecule has 0 fully saturated rings. The molecule has 0 unspecified atom stereocenters. The van der Waals surface area contributed by atoms with Crippen LogP contribution in [0.4, 0.5) is 0 Å². The Hall–Kier alpha value is -2.15. The summed E-state index contributed by atoms with van der Waals surface area (Å²) in [7, 11) is 0. The number of hydrogen-bond acceptors (Lipinski definition) is 6. The lowest BCUT2D eigenvalue weighted by Gasteiger charge is -1.99. The molecule has 0 amide bonds. The Bertz CT molecular complexity index is 603. The van der Waals surface area contributed by atoms with Crippen LogP contribution in [0.15, 0.2) is 35.4 Å². The number of hydrogen-bond donors (Lipinski definition) is 1. The second-order valence-corrected chi connectivity index (χ2v) is 4.24. The molecule has 0 radical (unpaired) electrons. The van der Waals surface area contributed by atoms with Crippen molar-refractivity contribution in [3.8, 4) is 5.69 Å². The molecule has 0 aliphatic rings. The van der Waals surface area contributed by atoms with Crippen molar-refractivity contribution in [2.75, 3.05) is 6.61 Å². The Morgan fingerprint density at radius 2 is 2.22 bits per heavy atom. The lowest BCUT2D eigenvalue weighted by Crippen LogP contribution is -2.16. The quantitative estimate of drug-likeness (QED) is 0.507. The molecule has 0 saturated heterocycles. The Labute approximate surface area is 107 Å². The van der Waals surface area contributed by atoms with E-state index in [2.05, 4.69) is 10.2 Å². The maximum Gasteiger partial charge on any atom is 0.369 e. The molecule has 0 aliphatic carbocycles. The number of ether oxygens (including phenoxy) is 1. The van der Waals surface area contributed by atoms with Crippen molar-refractivity contribution in [1.82, 2.24) is 9.78 Å². The van der Waals surface area contributed by atoms with E-state index < -0.39 is 5.97 Å². The molecule has 0 saturated carbocycles. The van der Waals surface area contributed by atoms with E-state index in [0.29, 0.717) is 11.4 Å². The predicted octanol–water partition coefficient (Wildman–Crippen LogP) is 0.885. The monoisotopic (exact) mass is 264 g/mol. The van der Waals surface area contributed by atoms with Crippen LogP contribution >= 0.6 is 11.3 Å². The van der Waals surface area contributed by atoms with E-state index in [1.807, 2.05) is 30.3 Å². The lowest BCUT2D eigenvalue weighted by atomic mass is 10.3. The van der Waals surface area contributed by atoms with E-state index in [1.54, 1.807) is 6.92 Å². The number of aromatic nitrogens is 2. The maximum absolute atomic E-state index is 11.6. The van der Waals surface area contributed by atoms with Crippen LogP contribution in [0.1, 0.15) is 16.7 Å². The van der Waals surface area contributed by atoms with E-state index in [-0.39, 0.29) is 5.01 Å². The summed E-state index contributed by atoms with van der Waals surface area (Å²) in [6.07, 6.45) is 0. The first-order valence-corrected chi connectivity index (χ1v) is 6.14. The van der Waals surface area contributed by atoms with Gasteiger partial charge in [0.1, 0.15) is 0 Å². The van der Waals surface area contributed by atoms with Crippen LogP contribution < -0.4 is 10.6 Å². The highest BCUT2D eigenvalue weighted by Crippen LogP contribution is 2.07. The number of esters is 1. The summed E-state index contributed by atoms with van der Waals surface area (Å²) >= 11 is 1.09. The van der Waals surface area contributed by atoms with Gasteiger partial charge < -0.3 is 10.6 Å². The van der Waals surface area contributed by atoms with Gasteiger partial charge in [-0.1, -0.05) is 29.5 Å². The first-order chi connectivity index (χ1) is 8.76. The van der Waals surface area contributed by atoms with Gasteiger partial charge in [0.25, 0.3) is 0 Å². The molecular weight excluding hydrogens is 252 g/mol. The topological polar surface area (TPSA) is 82.5 Å². The summed E-state index contributed by atoms with van der Waals surface area (Å²) in [5.41, 5.74) is 0.786. The second-order valence-electron chi connectivity index (χ2n) is 3.29. The van der Waals surface area contributed by atoms with Gasteiger partial charge in [-0.05, 0) is 19.1 Å². The molecule has 2 N–H and O–H groups in total. The zero-order valence-corrected chi connectivity index (χ0v) is 10.6. The third-order valence-electron chi connectivity index (χ3n) is 2.12. The number of carbonyl (C=O) groups excluding carboxylic acids is 1. The van der Waals surface area contributed by atoms with Gasteiger partial charge in [-0.15, -0.1) is 5.10 Å². The third kappa shape index (κ3) is 2.40. The van der Waals surface area contributed by atoms with Crippen molar-refractivity contribution in [2.45, 2.75) is 6.92 Å². The second kappa shape index (κ2) is 5.46. The van der Waals surface area contributed by atoms with Crippen LogP contribution in [0.3, 0.4) is 0 Å². The van der Waals surface area contributed by atoms with Crippen molar-refractivity contribution in [1.29, 1.82) is 0 Å². The van der Waals surface area contributed by atoms with E-state index in [9.17, 15) is 4.79 Å². The van der Waals surface area contributed by atoms with Crippen LogP contribution in [0.25, 0.3) is 5.69 Å². The fraction of sp³-hybridized carbons (Fsp3) is 0.182. The number of rotatable bonds is 3. The molecule has 6 nitrogen and oxygen atoms in total. The van der Waals surface area contributed by atoms with Gasteiger partial charge in [0.15, 0.2) is 0 Å². The Morgan fingerprint density at radius 1 is 1.50 bits per heavy atom. The molecule has 0 bridgehead atoms. The van der Waals surface area contributed by atoms with Crippen LogP contribution in [-0.2, 0) is 4.74 Å². The van der Waals surface area contributed by atoms with Gasteiger partial charge in [0.2, 0.25) is 9.81 Å². The van der Waals surface area contributed by atoms with Gasteiger partial charge in [-0.25, -0.2) is 9.48 Å². The normalized spacial score (nSPS) is 11.5. The highest BCUT2D eigenvalue weighted by molar-refractivity contribution is 7.10. The van der Waals surface area contributed by atoms with Gasteiger partial charge >= 0.3 is 5.97 Å². The van der Waals surface area contributed by atoms with Crippen LogP contribution in [0.5, 0.6) is 0 Å². The molecule has 2 rings (SSSR count). The number of nitrogens with zero attached hydrogens (tertiary/aromatic N) is 3. The van der Waals surface area contributed by atoms with Crippen molar-refractivity contribution < 1.29 is 9.53 Å². The van der Waals surface area contributed by atoms with Crippen LogP contribution in [0.2, 0.25) is 0 Å². The van der Waals surface area contributed by atoms with Gasteiger partial charge in [0, 0.05) is 0 Å².